The summed E-state index contributed by atoms with van der Waals surface area (Å²) in [5.74, 6) is -0.0193. The van der Waals surface area contributed by atoms with Gasteiger partial charge in [0.15, 0.2) is 0 Å². The van der Waals surface area contributed by atoms with Crippen molar-refractivity contribution in [2.24, 2.45) is 5.92 Å². The van der Waals surface area contributed by atoms with E-state index < -0.39 is 14.9 Å². The topological polar surface area (TPSA) is 128 Å². The minimum Gasteiger partial charge on any atom is -0.495 e. The van der Waals surface area contributed by atoms with Gasteiger partial charge in [-0.3, -0.25) is 19.6 Å². The number of amides is 1. The molecule has 1 unspecified atom stereocenters. The summed E-state index contributed by atoms with van der Waals surface area (Å²) in [7, 11) is -2.76. The first-order chi connectivity index (χ1) is 15.6. The van der Waals surface area contributed by atoms with Crippen LogP contribution in [0, 0.1) is 16.0 Å². The van der Waals surface area contributed by atoms with E-state index >= 15 is 0 Å². The average Bonchev–Trinajstić information content (AvgIpc) is 3.31. The van der Waals surface area contributed by atoms with Gasteiger partial charge in [-0.2, -0.15) is 0 Å². The van der Waals surface area contributed by atoms with Gasteiger partial charge in [0, 0.05) is 22.6 Å². The number of hydrogen-bond donors (Lipinski definition) is 2. The first kappa shape index (κ1) is 24.2. The lowest BCUT2D eigenvalue weighted by molar-refractivity contribution is -0.384. The summed E-state index contributed by atoms with van der Waals surface area (Å²) in [4.78, 5) is 24.1. The molecule has 0 bridgehead atoms. The average molecular weight is 490 g/mol. The van der Waals surface area contributed by atoms with E-state index in [0.717, 1.165) is 10.9 Å². The fourth-order valence-electron chi connectivity index (χ4n) is 3.14. The summed E-state index contributed by atoms with van der Waals surface area (Å²) in [6, 6.07) is 12.8. The Bertz CT molecular complexity index is 1240. The second kappa shape index (κ2) is 10.0. The molecular formula is C22H23N3O6S2. The molecule has 0 saturated heterocycles. The number of ether oxygens (including phenoxy) is 1. The van der Waals surface area contributed by atoms with E-state index in [2.05, 4.69) is 10.0 Å². The number of rotatable bonds is 9. The monoisotopic (exact) mass is 489 g/mol. The standard InChI is InChI=1S/C22H23N3O6S2/c1-14(2)21(20-5-4-12-32-20)23-22(26)15-6-9-17(10-7-15)33(29,30)24-18-13-16(25(27)28)8-11-19(18)31-3/h4-14,21,24H,1-3H3,(H,23,26). The van der Waals surface area contributed by atoms with Gasteiger partial charge >= 0.3 is 0 Å². The van der Waals surface area contributed by atoms with Crippen LogP contribution in [-0.4, -0.2) is 26.4 Å². The van der Waals surface area contributed by atoms with Crippen LogP contribution in [0.2, 0.25) is 0 Å². The molecule has 1 atom stereocenters. The van der Waals surface area contributed by atoms with Crippen LogP contribution in [0.5, 0.6) is 5.75 Å². The maximum atomic E-state index is 12.8. The number of benzene rings is 2. The SMILES string of the molecule is COc1ccc([N+](=O)[O-])cc1NS(=O)(=O)c1ccc(C(=O)NC(c2cccs2)C(C)C)cc1. The molecule has 1 heterocycles. The first-order valence-corrected chi connectivity index (χ1v) is 12.3. The number of carbonyl (C=O) groups excluding carboxylic acids is 1. The second-order valence-electron chi connectivity index (χ2n) is 7.48. The van der Waals surface area contributed by atoms with E-state index in [1.54, 1.807) is 11.3 Å². The number of sulfonamides is 1. The van der Waals surface area contributed by atoms with Gasteiger partial charge in [0.25, 0.3) is 21.6 Å². The molecule has 3 rings (SSSR count). The third-order valence-corrected chi connectivity index (χ3v) is 7.20. The number of non-ortho nitro benzene ring substituents is 1. The molecular weight excluding hydrogens is 466 g/mol. The molecule has 0 aliphatic rings. The summed E-state index contributed by atoms with van der Waals surface area (Å²) in [5.41, 5.74) is -0.0423. The van der Waals surface area contributed by atoms with Gasteiger partial charge in [-0.1, -0.05) is 19.9 Å². The van der Waals surface area contributed by atoms with Crippen molar-refractivity contribution < 1.29 is 22.9 Å². The molecule has 2 N–H and O–H groups in total. The number of nitrogens with one attached hydrogen (secondary N) is 2. The van der Waals surface area contributed by atoms with Crippen LogP contribution in [0.15, 0.2) is 64.9 Å². The van der Waals surface area contributed by atoms with E-state index in [0.29, 0.717) is 5.56 Å². The number of nitrogens with zero attached hydrogens (tertiary/aromatic N) is 1. The number of nitro benzene ring substituents is 1. The first-order valence-electron chi connectivity index (χ1n) is 9.92. The number of nitro groups is 1. The second-order valence-corrected chi connectivity index (χ2v) is 10.1. The van der Waals surface area contributed by atoms with E-state index in [1.165, 1.54) is 43.5 Å². The van der Waals surface area contributed by atoms with Gasteiger partial charge in [0.2, 0.25) is 0 Å². The maximum absolute atomic E-state index is 12.8. The van der Waals surface area contributed by atoms with Gasteiger partial charge in [-0.25, -0.2) is 8.42 Å². The molecule has 0 radical (unpaired) electrons. The van der Waals surface area contributed by atoms with Crippen molar-refractivity contribution in [3.8, 4) is 5.75 Å². The number of carbonyl (C=O) groups is 1. The van der Waals surface area contributed by atoms with Gasteiger partial charge in [-0.05, 0) is 47.7 Å². The summed E-state index contributed by atoms with van der Waals surface area (Å²) >= 11 is 1.55. The number of hydrogen-bond acceptors (Lipinski definition) is 7. The quantitative estimate of drug-likeness (QED) is 0.334. The Labute approximate surface area is 195 Å². The van der Waals surface area contributed by atoms with Crippen molar-refractivity contribution in [3.05, 3.63) is 80.5 Å². The van der Waals surface area contributed by atoms with Gasteiger partial charge in [-0.15, -0.1) is 11.3 Å². The number of thiophene rings is 1. The van der Waals surface area contributed by atoms with Crippen molar-refractivity contribution in [1.29, 1.82) is 0 Å². The molecule has 2 aromatic carbocycles. The van der Waals surface area contributed by atoms with E-state index in [9.17, 15) is 23.3 Å². The molecule has 0 spiro atoms. The van der Waals surface area contributed by atoms with Gasteiger partial charge < -0.3 is 10.1 Å². The van der Waals surface area contributed by atoms with Crippen molar-refractivity contribution in [3.63, 3.8) is 0 Å². The Hall–Kier alpha value is -3.44. The number of anilines is 1. The minimum atomic E-state index is -4.09. The van der Waals surface area contributed by atoms with Crippen molar-refractivity contribution in [2.75, 3.05) is 11.8 Å². The Morgan fingerprint density at radius 1 is 1.12 bits per heavy atom. The summed E-state index contributed by atoms with van der Waals surface area (Å²) in [5, 5.41) is 16.0. The Kier molecular flexibility index (Phi) is 7.34. The van der Waals surface area contributed by atoms with Gasteiger partial charge in [0.05, 0.1) is 28.7 Å². The van der Waals surface area contributed by atoms with Crippen molar-refractivity contribution in [1.82, 2.24) is 5.32 Å². The zero-order valence-corrected chi connectivity index (χ0v) is 19.8. The maximum Gasteiger partial charge on any atom is 0.271 e. The van der Waals surface area contributed by atoms with Crippen LogP contribution < -0.4 is 14.8 Å². The lowest BCUT2D eigenvalue weighted by Gasteiger charge is -2.21. The van der Waals surface area contributed by atoms with Crippen LogP contribution in [-0.2, 0) is 10.0 Å². The largest absolute Gasteiger partial charge is 0.495 e. The Morgan fingerprint density at radius 3 is 2.36 bits per heavy atom. The van der Waals surface area contributed by atoms with Crippen LogP contribution in [0.3, 0.4) is 0 Å². The molecule has 11 heteroatoms. The predicted molar refractivity (Wildman–Crippen MR) is 126 cm³/mol. The molecule has 174 valence electrons. The van der Waals surface area contributed by atoms with Crippen LogP contribution >= 0.6 is 11.3 Å². The van der Waals surface area contributed by atoms with Crippen LogP contribution in [0.1, 0.15) is 35.1 Å². The molecule has 0 aliphatic carbocycles. The Balaban J connectivity index is 1.80. The normalized spacial score (nSPS) is 12.2. The molecule has 1 amide bonds. The third-order valence-electron chi connectivity index (χ3n) is 4.87. The van der Waals surface area contributed by atoms with Gasteiger partial charge in [0.1, 0.15) is 5.75 Å². The molecule has 0 aliphatic heterocycles. The lowest BCUT2D eigenvalue weighted by Crippen LogP contribution is -2.31. The fraction of sp³-hybridized carbons (Fsp3) is 0.227. The highest BCUT2D eigenvalue weighted by Gasteiger charge is 2.22. The van der Waals surface area contributed by atoms with Crippen molar-refractivity contribution in [2.45, 2.75) is 24.8 Å². The van der Waals surface area contributed by atoms with Crippen LogP contribution in [0.4, 0.5) is 11.4 Å². The zero-order valence-electron chi connectivity index (χ0n) is 18.1. The predicted octanol–water partition coefficient (Wildman–Crippen LogP) is 4.59. The highest BCUT2D eigenvalue weighted by Crippen LogP contribution is 2.31. The highest BCUT2D eigenvalue weighted by atomic mass is 32.2. The summed E-state index contributed by atoms with van der Waals surface area (Å²) in [6.07, 6.45) is 0. The molecule has 1 aromatic heterocycles. The zero-order chi connectivity index (χ0) is 24.2. The van der Waals surface area contributed by atoms with Crippen molar-refractivity contribution >= 4 is 38.6 Å². The number of methoxy groups -OCH3 is 1. The molecule has 9 nitrogen and oxygen atoms in total. The third kappa shape index (κ3) is 5.68. The molecule has 3 aromatic rings. The van der Waals surface area contributed by atoms with E-state index in [4.69, 9.17) is 4.74 Å². The van der Waals surface area contributed by atoms with E-state index in [-0.39, 0.29) is 39.9 Å². The Morgan fingerprint density at radius 2 is 1.82 bits per heavy atom. The fourth-order valence-corrected chi connectivity index (χ4v) is 5.15. The molecule has 0 saturated carbocycles. The van der Waals surface area contributed by atoms with Crippen LogP contribution in [0.25, 0.3) is 0 Å². The molecule has 0 fully saturated rings. The molecule has 33 heavy (non-hydrogen) atoms. The lowest BCUT2D eigenvalue weighted by atomic mass is 10.0. The summed E-state index contributed by atoms with van der Waals surface area (Å²) < 4.78 is 33.0. The summed E-state index contributed by atoms with van der Waals surface area (Å²) in [6.45, 7) is 4.02. The highest BCUT2D eigenvalue weighted by molar-refractivity contribution is 7.92. The smallest absolute Gasteiger partial charge is 0.271 e. The van der Waals surface area contributed by atoms with E-state index in [1.807, 2.05) is 31.4 Å². The minimum absolute atomic E-state index is 0.0655.